The van der Waals surface area contributed by atoms with Crippen LogP contribution in [0.5, 0.6) is 0 Å². The molecule has 2 rings (SSSR count). The largest absolute Gasteiger partial charge is 0.399 e. The topological polar surface area (TPSA) is 56.7 Å². The first kappa shape index (κ1) is 12.6. The standard InChI is InChI=1S/C14H20N4/c1-14(2,3)7-8-18-10-16-13(17-18)11-5-4-6-12(15)9-11/h4-6,9-10H,7-8,15H2,1-3H3. The SMILES string of the molecule is CC(C)(C)CCn1cnc(-c2cccc(N)c2)n1. The van der Waals surface area contributed by atoms with Crippen molar-refractivity contribution >= 4 is 5.69 Å². The van der Waals surface area contributed by atoms with Crippen LogP contribution in [0.3, 0.4) is 0 Å². The van der Waals surface area contributed by atoms with Crippen LogP contribution in [0.15, 0.2) is 30.6 Å². The molecule has 0 radical (unpaired) electrons. The fourth-order valence-electron chi connectivity index (χ4n) is 1.66. The smallest absolute Gasteiger partial charge is 0.181 e. The molecule has 1 heterocycles. The van der Waals surface area contributed by atoms with Crippen LogP contribution in [-0.2, 0) is 6.54 Å². The van der Waals surface area contributed by atoms with Crippen molar-refractivity contribution in [3.05, 3.63) is 30.6 Å². The van der Waals surface area contributed by atoms with Crippen LogP contribution in [0.1, 0.15) is 27.2 Å². The molecule has 0 aliphatic carbocycles. The number of hydrogen-bond donors (Lipinski definition) is 1. The van der Waals surface area contributed by atoms with E-state index in [0.29, 0.717) is 5.41 Å². The van der Waals surface area contributed by atoms with Gasteiger partial charge in [-0.2, -0.15) is 5.10 Å². The molecular formula is C14H20N4. The van der Waals surface area contributed by atoms with Gasteiger partial charge in [-0.15, -0.1) is 0 Å². The quantitative estimate of drug-likeness (QED) is 0.844. The van der Waals surface area contributed by atoms with E-state index in [-0.39, 0.29) is 0 Å². The summed E-state index contributed by atoms with van der Waals surface area (Å²) in [6.07, 6.45) is 2.86. The normalized spacial score (nSPS) is 11.7. The van der Waals surface area contributed by atoms with Gasteiger partial charge in [-0.05, 0) is 24.0 Å². The number of aryl methyl sites for hydroxylation is 1. The van der Waals surface area contributed by atoms with Gasteiger partial charge in [0.1, 0.15) is 6.33 Å². The second-order valence-corrected chi connectivity index (χ2v) is 5.77. The minimum absolute atomic E-state index is 0.309. The highest BCUT2D eigenvalue weighted by atomic mass is 15.3. The highest BCUT2D eigenvalue weighted by molar-refractivity contribution is 5.60. The summed E-state index contributed by atoms with van der Waals surface area (Å²) in [6, 6.07) is 7.64. The van der Waals surface area contributed by atoms with E-state index in [4.69, 9.17) is 5.73 Å². The maximum Gasteiger partial charge on any atom is 0.181 e. The molecule has 0 amide bonds. The lowest BCUT2D eigenvalue weighted by molar-refractivity contribution is 0.341. The van der Waals surface area contributed by atoms with E-state index >= 15 is 0 Å². The molecule has 0 unspecified atom stereocenters. The van der Waals surface area contributed by atoms with E-state index in [1.807, 2.05) is 28.9 Å². The molecule has 0 fully saturated rings. The van der Waals surface area contributed by atoms with Gasteiger partial charge in [0.2, 0.25) is 0 Å². The maximum atomic E-state index is 5.76. The molecule has 0 atom stereocenters. The zero-order valence-corrected chi connectivity index (χ0v) is 11.2. The molecule has 0 bridgehead atoms. The number of rotatable bonds is 3. The Morgan fingerprint density at radius 1 is 1.28 bits per heavy atom. The van der Waals surface area contributed by atoms with E-state index in [2.05, 4.69) is 30.9 Å². The second kappa shape index (κ2) is 4.80. The minimum atomic E-state index is 0.309. The van der Waals surface area contributed by atoms with Gasteiger partial charge < -0.3 is 5.73 Å². The van der Waals surface area contributed by atoms with Gasteiger partial charge in [-0.1, -0.05) is 32.9 Å². The van der Waals surface area contributed by atoms with Gasteiger partial charge in [0.05, 0.1) is 0 Å². The Kier molecular flexibility index (Phi) is 3.36. The molecule has 1 aromatic carbocycles. The summed E-state index contributed by atoms with van der Waals surface area (Å²) in [6.45, 7) is 7.56. The van der Waals surface area contributed by atoms with Crippen LogP contribution in [0.4, 0.5) is 5.69 Å². The van der Waals surface area contributed by atoms with Crippen molar-refractivity contribution in [2.24, 2.45) is 5.41 Å². The van der Waals surface area contributed by atoms with Crippen molar-refractivity contribution in [1.29, 1.82) is 0 Å². The fourth-order valence-corrected chi connectivity index (χ4v) is 1.66. The van der Waals surface area contributed by atoms with Crippen molar-refractivity contribution < 1.29 is 0 Å². The number of hydrogen-bond acceptors (Lipinski definition) is 3. The Hall–Kier alpha value is -1.84. The van der Waals surface area contributed by atoms with Gasteiger partial charge in [0.15, 0.2) is 5.82 Å². The number of anilines is 1. The first-order valence-electron chi connectivity index (χ1n) is 6.19. The Balaban J connectivity index is 2.11. The average molecular weight is 244 g/mol. The number of benzene rings is 1. The molecular weight excluding hydrogens is 224 g/mol. The first-order chi connectivity index (χ1) is 8.44. The monoisotopic (exact) mass is 244 g/mol. The molecule has 1 aromatic heterocycles. The summed E-state index contributed by atoms with van der Waals surface area (Å²) >= 11 is 0. The van der Waals surface area contributed by atoms with Gasteiger partial charge in [0, 0.05) is 17.8 Å². The van der Waals surface area contributed by atoms with Crippen molar-refractivity contribution in [1.82, 2.24) is 14.8 Å². The summed E-state index contributed by atoms with van der Waals surface area (Å²) in [5.74, 6) is 0.733. The Morgan fingerprint density at radius 3 is 2.72 bits per heavy atom. The van der Waals surface area contributed by atoms with E-state index in [0.717, 1.165) is 30.0 Å². The molecule has 0 saturated heterocycles. The highest BCUT2D eigenvalue weighted by Gasteiger charge is 2.11. The fraction of sp³-hybridized carbons (Fsp3) is 0.429. The number of nitrogens with two attached hydrogens (primary N) is 1. The lowest BCUT2D eigenvalue weighted by Gasteiger charge is -2.17. The van der Waals surface area contributed by atoms with E-state index in [1.165, 1.54) is 0 Å². The van der Waals surface area contributed by atoms with E-state index < -0.39 is 0 Å². The average Bonchev–Trinajstić information content (AvgIpc) is 2.74. The Bertz CT molecular complexity index is 523. The van der Waals surface area contributed by atoms with E-state index in [1.54, 1.807) is 6.33 Å². The van der Waals surface area contributed by atoms with Crippen LogP contribution in [0.2, 0.25) is 0 Å². The lowest BCUT2D eigenvalue weighted by Crippen LogP contribution is -2.10. The predicted molar refractivity (Wildman–Crippen MR) is 73.9 cm³/mol. The minimum Gasteiger partial charge on any atom is -0.399 e. The molecule has 4 nitrogen and oxygen atoms in total. The molecule has 0 spiro atoms. The third-order valence-electron chi connectivity index (χ3n) is 2.77. The van der Waals surface area contributed by atoms with Gasteiger partial charge in [-0.3, -0.25) is 4.68 Å². The third kappa shape index (κ3) is 3.32. The summed E-state index contributed by atoms with van der Waals surface area (Å²) in [5, 5.41) is 4.47. The van der Waals surface area contributed by atoms with E-state index in [9.17, 15) is 0 Å². The van der Waals surface area contributed by atoms with Crippen LogP contribution in [0, 0.1) is 5.41 Å². The molecule has 4 heteroatoms. The molecule has 0 aliphatic rings. The molecule has 0 saturated carbocycles. The Morgan fingerprint density at radius 2 is 2.06 bits per heavy atom. The molecule has 0 aliphatic heterocycles. The number of aromatic nitrogens is 3. The van der Waals surface area contributed by atoms with Crippen LogP contribution >= 0.6 is 0 Å². The number of nitrogen functional groups attached to an aromatic ring is 1. The summed E-state index contributed by atoms with van der Waals surface area (Å²) < 4.78 is 1.89. The summed E-state index contributed by atoms with van der Waals surface area (Å²) in [7, 11) is 0. The van der Waals surface area contributed by atoms with Crippen LogP contribution in [0.25, 0.3) is 11.4 Å². The molecule has 18 heavy (non-hydrogen) atoms. The molecule has 2 N–H and O–H groups in total. The van der Waals surface area contributed by atoms with Crippen LogP contribution < -0.4 is 5.73 Å². The van der Waals surface area contributed by atoms with Crippen molar-refractivity contribution in [3.63, 3.8) is 0 Å². The third-order valence-corrected chi connectivity index (χ3v) is 2.77. The van der Waals surface area contributed by atoms with Crippen molar-refractivity contribution in [2.45, 2.75) is 33.7 Å². The molecule has 2 aromatic rings. The second-order valence-electron chi connectivity index (χ2n) is 5.77. The van der Waals surface area contributed by atoms with Gasteiger partial charge >= 0.3 is 0 Å². The van der Waals surface area contributed by atoms with Gasteiger partial charge in [-0.25, -0.2) is 4.98 Å². The van der Waals surface area contributed by atoms with Crippen LogP contribution in [-0.4, -0.2) is 14.8 Å². The predicted octanol–water partition coefficient (Wildman–Crippen LogP) is 2.96. The summed E-state index contributed by atoms with van der Waals surface area (Å²) in [5.41, 5.74) is 7.76. The maximum absolute atomic E-state index is 5.76. The van der Waals surface area contributed by atoms with Crippen molar-refractivity contribution in [2.75, 3.05) is 5.73 Å². The van der Waals surface area contributed by atoms with Gasteiger partial charge in [0.25, 0.3) is 0 Å². The first-order valence-corrected chi connectivity index (χ1v) is 6.19. The lowest BCUT2D eigenvalue weighted by atomic mass is 9.92. The number of nitrogens with zero attached hydrogens (tertiary/aromatic N) is 3. The van der Waals surface area contributed by atoms with Crippen molar-refractivity contribution in [3.8, 4) is 11.4 Å². The zero-order valence-electron chi connectivity index (χ0n) is 11.2. The highest BCUT2D eigenvalue weighted by Crippen LogP contribution is 2.20. The Labute approximate surface area is 108 Å². The summed E-state index contributed by atoms with van der Waals surface area (Å²) in [4.78, 5) is 4.32. The molecule has 96 valence electrons. The zero-order chi connectivity index (χ0) is 13.2.